The molecule has 0 spiro atoms. The van der Waals surface area contributed by atoms with Crippen LogP contribution in [0.2, 0.25) is 0 Å². The average molecular weight is 434 g/mol. The third-order valence-corrected chi connectivity index (χ3v) is 5.93. The molecule has 4 heterocycles. The lowest BCUT2D eigenvalue weighted by molar-refractivity contribution is -0.127. The number of rotatable bonds is 5. The van der Waals surface area contributed by atoms with E-state index in [1.54, 1.807) is 24.3 Å². The van der Waals surface area contributed by atoms with Gasteiger partial charge in [-0.05, 0) is 23.8 Å². The Labute approximate surface area is 181 Å². The van der Waals surface area contributed by atoms with Crippen molar-refractivity contribution in [2.24, 2.45) is 5.73 Å². The lowest BCUT2D eigenvalue weighted by Crippen LogP contribution is -2.46. The molecule has 1 atom stereocenters. The number of amides is 4. The molecule has 4 amide bonds. The quantitative estimate of drug-likeness (QED) is 0.567. The van der Waals surface area contributed by atoms with E-state index < -0.39 is 23.1 Å². The molecule has 1 aromatic carbocycles. The van der Waals surface area contributed by atoms with E-state index in [2.05, 4.69) is 10.3 Å². The lowest BCUT2D eigenvalue weighted by atomic mass is 9.82. The summed E-state index contributed by atoms with van der Waals surface area (Å²) in [6, 6.07) is 8.20. The Balaban J connectivity index is 1.55. The van der Waals surface area contributed by atoms with Gasteiger partial charge < -0.3 is 19.8 Å². The summed E-state index contributed by atoms with van der Waals surface area (Å²) in [7, 11) is 1.52. The number of aromatic nitrogens is 1. The fourth-order valence-corrected chi connectivity index (χ4v) is 4.26. The van der Waals surface area contributed by atoms with Gasteiger partial charge in [0, 0.05) is 30.9 Å². The molecule has 2 aromatic heterocycles. The van der Waals surface area contributed by atoms with Gasteiger partial charge >= 0.3 is 0 Å². The fraction of sp³-hybridized carbons (Fsp3) is 0.227. The molecule has 0 bridgehead atoms. The number of nitrogens with two attached hydrogens (primary N) is 1. The summed E-state index contributed by atoms with van der Waals surface area (Å²) in [6.07, 6.45) is 1.13. The number of carbonyl (C=O) groups is 4. The number of methoxy groups -OCH3 is 1. The monoisotopic (exact) mass is 434 g/mol. The maximum Gasteiger partial charge on any atom is 0.254 e. The smallest absolute Gasteiger partial charge is 0.254 e. The van der Waals surface area contributed by atoms with Gasteiger partial charge in [0.1, 0.15) is 22.4 Å². The number of nitrogens with one attached hydrogen (secondary N) is 1. The predicted octanol–water partition coefficient (Wildman–Crippen LogP) is 0.876. The molecular formula is C22H18N4O6. The van der Waals surface area contributed by atoms with Crippen molar-refractivity contribution in [1.29, 1.82) is 0 Å². The van der Waals surface area contributed by atoms with Gasteiger partial charge in [0.05, 0.1) is 19.1 Å². The second-order valence-electron chi connectivity index (χ2n) is 7.90. The third-order valence-electron chi connectivity index (χ3n) is 5.93. The second kappa shape index (κ2) is 6.91. The van der Waals surface area contributed by atoms with Crippen LogP contribution < -0.4 is 15.8 Å². The van der Waals surface area contributed by atoms with Crippen LogP contribution in [0.25, 0.3) is 11.1 Å². The second-order valence-corrected chi connectivity index (χ2v) is 7.90. The number of fused-ring (bicyclic) bond motifs is 2. The van der Waals surface area contributed by atoms with E-state index in [9.17, 15) is 19.2 Å². The molecule has 5 rings (SSSR count). The number of carbonyl (C=O) groups excluding carboxylic acids is 4. The minimum absolute atomic E-state index is 0.0666. The summed E-state index contributed by atoms with van der Waals surface area (Å²) in [4.78, 5) is 55.4. The minimum Gasteiger partial charge on any atom is -0.497 e. The largest absolute Gasteiger partial charge is 0.497 e. The zero-order valence-electron chi connectivity index (χ0n) is 17.0. The molecule has 1 saturated heterocycles. The maximum absolute atomic E-state index is 13.1. The number of ether oxygens (including phenoxy) is 1. The van der Waals surface area contributed by atoms with Crippen LogP contribution in [-0.2, 0) is 21.5 Å². The Hall–Kier alpha value is -4.21. The van der Waals surface area contributed by atoms with E-state index in [0.29, 0.717) is 16.8 Å². The van der Waals surface area contributed by atoms with Gasteiger partial charge in [-0.3, -0.25) is 29.5 Å². The number of hydrogen-bond acceptors (Lipinski definition) is 7. The summed E-state index contributed by atoms with van der Waals surface area (Å²) in [5, 5.41) is 2.32. The number of pyridine rings is 1. The first-order valence-electron chi connectivity index (χ1n) is 9.81. The Morgan fingerprint density at radius 2 is 2.09 bits per heavy atom. The number of imide groups is 1. The van der Waals surface area contributed by atoms with E-state index in [-0.39, 0.29) is 42.3 Å². The Morgan fingerprint density at radius 3 is 2.78 bits per heavy atom. The summed E-state index contributed by atoms with van der Waals surface area (Å²) >= 11 is 0. The summed E-state index contributed by atoms with van der Waals surface area (Å²) in [5.74, 6) is -1.22. The number of nitrogens with zero attached hydrogens (tertiary/aromatic N) is 2. The average Bonchev–Trinajstić information content (AvgIpc) is 3.41. The van der Waals surface area contributed by atoms with Crippen molar-refractivity contribution in [1.82, 2.24) is 15.2 Å². The van der Waals surface area contributed by atoms with E-state index >= 15 is 0 Å². The van der Waals surface area contributed by atoms with Crippen LogP contribution in [0.1, 0.15) is 38.5 Å². The van der Waals surface area contributed by atoms with E-state index in [1.807, 2.05) is 0 Å². The Bertz CT molecular complexity index is 1330. The molecule has 0 radical (unpaired) electrons. The molecule has 1 fully saturated rings. The third kappa shape index (κ3) is 2.91. The van der Waals surface area contributed by atoms with Crippen molar-refractivity contribution in [2.75, 3.05) is 13.7 Å². The molecular weight excluding hydrogens is 416 g/mol. The van der Waals surface area contributed by atoms with Crippen LogP contribution in [0.3, 0.4) is 0 Å². The highest BCUT2D eigenvalue weighted by molar-refractivity contribution is 6.10. The summed E-state index contributed by atoms with van der Waals surface area (Å²) in [5.41, 5.74) is 5.97. The first-order valence-corrected chi connectivity index (χ1v) is 9.81. The summed E-state index contributed by atoms with van der Waals surface area (Å²) < 4.78 is 11.1. The first-order chi connectivity index (χ1) is 15.3. The van der Waals surface area contributed by atoms with E-state index in [0.717, 1.165) is 5.56 Å². The molecule has 0 aliphatic carbocycles. The van der Waals surface area contributed by atoms with Crippen molar-refractivity contribution >= 4 is 34.7 Å². The SMILES string of the molecule is COc1ccc2c(c1)C(=O)N(C[C@@]1(c3cc4ncc(C(N)=O)cc4o3)CC(=O)NC1=O)C2. The predicted molar refractivity (Wildman–Crippen MR) is 110 cm³/mol. The van der Waals surface area contributed by atoms with Gasteiger partial charge in [-0.15, -0.1) is 0 Å². The van der Waals surface area contributed by atoms with Crippen LogP contribution in [0.15, 0.2) is 40.9 Å². The molecule has 0 saturated carbocycles. The Morgan fingerprint density at radius 1 is 1.28 bits per heavy atom. The van der Waals surface area contributed by atoms with Crippen LogP contribution in [0.4, 0.5) is 0 Å². The molecule has 3 aromatic rings. The zero-order valence-corrected chi connectivity index (χ0v) is 17.0. The first kappa shape index (κ1) is 19.7. The Kier molecular flexibility index (Phi) is 4.26. The normalized spacial score (nSPS) is 20.0. The minimum atomic E-state index is -1.42. The number of hydrogen-bond donors (Lipinski definition) is 2. The van der Waals surface area contributed by atoms with Crippen LogP contribution in [0, 0.1) is 0 Å². The van der Waals surface area contributed by atoms with Gasteiger partial charge in [-0.2, -0.15) is 0 Å². The van der Waals surface area contributed by atoms with Gasteiger partial charge in [0.2, 0.25) is 17.7 Å². The van der Waals surface area contributed by atoms with Gasteiger partial charge in [0.25, 0.3) is 5.91 Å². The highest BCUT2D eigenvalue weighted by Crippen LogP contribution is 2.39. The molecule has 0 unspecified atom stereocenters. The van der Waals surface area contributed by atoms with Crippen molar-refractivity contribution in [2.45, 2.75) is 18.4 Å². The van der Waals surface area contributed by atoms with Crippen molar-refractivity contribution in [3.05, 3.63) is 59.0 Å². The number of primary amides is 1. The molecule has 3 N–H and O–H groups in total. The zero-order chi connectivity index (χ0) is 22.6. The number of furan rings is 1. The molecule has 2 aliphatic rings. The van der Waals surface area contributed by atoms with Crippen molar-refractivity contribution in [3.63, 3.8) is 0 Å². The topological polar surface area (TPSA) is 145 Å². The molecule has 10 nitrogen and oxygen atoms in total. The molecule has 10 heteroatoms. The van der Waals surface area contributed by atoms with Crippen molar-refractivity contribution < 1.29 is 28.3 Å². The highest BCUT2D eigenvalue weighted by atomic mass is 16.5. The highest BCUT2D eigenvalue weighted by Gasteiger charge is 2.53. The summed E-state index contributed by atoms with van der Waals surface area (Å²) in [6.45, 7) is 0.217. The van der Waals surface area contributed by atoms with Gasteiger partial charge in [-0.25, -0.2) is 0 Å². The lowest BCUT2D eigenvalue weighted by Gasteiger charge is -2.28. The van der Waals surface area contributed by atoms with Crippen LogP contribution in [-0.4, -0.2) is 47.2 Å². The van der Waals surface area contributed by atoms with Crippen molar-refractivity contribution in [3.8, 4) is 5.75 Å². The number of benzene rings is 1. The fourth-order valence-electron chi connectivity index (χ4n) is 4.26. The molecule has 2 aliphatic heterocycles. The standard InChI is InChI=1S/C22H18N4O6/c1-31-13-3-2-11-9-26(20(29)14(11)5-13)10-22(7-18(27)25-21(22)30)17-6-15-16(32-17)4-12(8-24-15)19(23)28/h2-6,8H,7,9-10H2,1H3,(H2,23,28)(H,25,27,30)/t22-/m1/s1. The molecule has 32 heavy (non-hydrogen) atoms. The molecule has 162 valence electrons. The van der Waals surface area contributed by atoms with Gasteiger partial charge in [0.15, 0.2) is 5.58 Å². The van der Waals surface area contributed by atoms with E-state index in [1.165, 1.54) is 24.3 Å². The van der Waals surface area contributed by atoms with Gasteiger partial charge in [-0.1, -0.05) is 6.07 Å². The van der Waals surface area contributed by atoms with E-state index in [4.69, 9.17) is 14.9 Å². The van der Waals surface area contributed by atoms with Crippen LogP contribution in [0.5, 0.6) is 5.75 Å². The van der Waals surface area contributed by atoms with Crippen LogP contribution >= 0.6 is 0 Å². The maximum atomic E-state index is 13.1.